The molecule has 3 rings (SSSR count). The molecule has 2 aromatic rings. The maximum atomic E-state index is 12.4. The predicted molar refractivity (Wildman–Crippen MR) is 74.9 cm³/mol. The van der Waals surface area contributed by atoms with Gasteiger partial charge in [-0.25, -0.2) is 4.98 Å². The number of aromatic nitrogens is 2. The molecule has 0 unspecified atom stereocenters. The summed E-state index contributed by atoms with van der Waals surface area (Å²) < 4.78 is 12.1. The molecule has 1 aliphatic rings. The van der Waals surface area contributed by atoms with Gasteiger partial charge in [0.25, 0.3) is 5.56 Å². The Bertz CT molecular complexity index is 662. The van der Waals surface area contributed by atoms with E-state index in [1.807, 2.05) is 0 Å². The van der Waals surface area contributed by atoms with Gasteiger partial charge in [0, 0.05) is 19.2 Å². The molecule has 6 nitrogen and oxygen atoms in total. The van der Waals surface area contributed by atoms with Crippen LogP contribution >= 0.6 is 0 Å². The van der Waals surface area contributed by atoms with Gasteiger partial charge in [0.1, 0.15) is 5.75 Å². The number of fused-ring (bicyclic) bond motifs is 1. The first-order valence-electron chi connectivity index (χ1n) is 6.61. The van der Waals surface area contributed by atoms with Crippen molar-refractivity contribution in [3.8, 4) is 5.75 Å². The van der Waals surface area contributed by atoms with E-state index in [9.17, 15) is 4.79 Å². The second-order valence-electron chi connectivity index (χ2n) is 4.77. The standard InChI is InChI=1S/C14H17N3O3/c1-19-11-2-3-12-13(8-11)15-9-17(14(12)18)10-16-4-6-20-7-5-16/h2-3,8-9H,4-7,10H2,1H3. The average Bonchev–Trinajstić information content (AvgIpc) is 2.51. The molecule has 1 fully saturated rings. The highest BCUT2D eigenvalue weighted by Crippen LogP contribution is 2.15. The van der Waals surface area contributed by atoms with Crippen LogP contribution in [-0.2, 0) is 11.4 Å². The lowest BCUT2D eigenvalue weighted by Gasteiger charge is -2.26. The summed E-state index contributed by atoms with van der Waals surface area (Å²) in [4.78, 5) is 18.9. The van der Waals surface area contributed by atoms with E-state index in [-0.39, 0.29) is 5.56 Å². The third-order valence-corrected chi connectivity index (χ3v) is 3.49. The predicted octanol–water partition coefficient (Wildman–Crippen LogP) is 0.695. The second-order valence-corrected chi connectivity index (χ2v) is 4.77. The number of rotatable bonds is 3. The van der Waals surface area contributed by atoms with Crippen molar-refractivity contribution in [2.75, 3.05) is 33.4 Å². The fourth-order valence-corrected chi connectivity index (χ4v) is 2.32. The van der Waals surface area contributed by atoms with Crippen LogP contribution in [0.25, 0.3) is 10.9 Å². The summed E-state index contributed by atoms with van der Waals surface area (Å²) in [5.74, 6) is 0.704. The minimum Gasteiger partial charge on any atom is -0.497 e. The van der Waals surface area contributed by atoms with Gasteiger partial charge in [0.15, 0.2) is 0 Å². The lowest BCUT2D eigenvalue weighted by Crippen LogP contribution is -2.40. The Morgan fingerprint density at radius 1 is 1.35 bits per heavy atom. The molecular weight excluding hydrogens is 258 g/mol. The Balaban J connectivity index is 1.92. The fourth-order valence-electron chi connectivity index (χ4n) is 2.32. The number of ether oxygens (including phenoxy) is 2. The van der Waals surface area contributed by atoms with Crippen molar-refractivity contribution < 1.29 is 9.47 Å². The first kappa shape index (κ1) is 13.1. The number of benzene rings is 1. The number of hydrogen-bond acceptors (Lipinski definition) is 5. The lowest BCUT2D eigenvalue weighted by atomic mass is 10.2. The number of methoxy groups -OCH3 is 1. The van der Waals surface area contributed by atoms with Gasteiger partial charge in [-0.05, 0) is 12.1 Å². The molecule has 2 heterocycles. The normalized spacial score (nSPS) is 16.4. The smallest absolute Gasteiger partial charge is 0.262 e. The van der Waals surface area contributed by atoms with E-state index in [0.717, 1.165) is 13.1 Å². The van der Waals surface area contributed by atoms with Crippen LogP contribution < -0.4 is 10.3 Å². The molecule has 0 atom stereocenters. The second kappa shape index (κ2) is 5.60. The van der Waals surface area contributed by atoms with Gasteiger partial charge in [-0.3, -0.25) is 14.3 Å². The molecule has 0 N–H and O–H groups in total. The van der Waals surface area contributed by atoms with Gasteiger partial charge in [0.05, 0.1) is 44.2 Å². The van der Waals surface area contributed by atoms with Crippen molar-refractivity contribution >= 4 is 10.9 Å². The first-order chi connectivity index (χ1) is 9.78. The van der Waals surface area contributed by atoms with Crippen LogP contribution in [0.5, 0.6) is 5.75 Å². The lowest BCUT2D eigenvalue weighted by molar-refractivity contribution is 0.0228. The van der Waals surface area contributed by atoms with Crippen LogP contribution in [0.1, 0.15) is 0 Å². The first-order valence-corrected chi connectivity index (χ1v) is 6.61. The summed E-state index contributed by atoms with van der Waals surface area (Å²) in [6, 6.07) is 5.32. The highest BCUT2D eigenvalue weighted by atomic mass is 16.5. The highest BCUT2D eigenvalue weighted by Gasteiger charge is 2.12. The molecule has 0 amide bonds. The molecular formula is C14H17N3O3. The third-order valence-electron chi connectivity index (χ3n) is 3.49. The van der Waals surface area contributed by atoms with Gasteiger partial charge in [-0.1, -0.05) is 0 Å². The van der Waals surface area contributed by atoms with E-state index in [1.165, 1.54) is 0 Å². The molecule has 20 heavy (non-hydrogen) atoms. The summed E-state index contributed by atoms with van der Waals surface area (Å²) in [6.07, 6.45) is 1.60. The molecule has 6 heteroatoms. The molecule has 0 spiro atoms. The van der Waals surface area contributed by atoms with Crippen LogP contribution in [0.4, 0.5) is 0 Å². The molecule has 1 aromatic carbocycles. The zero-order valence-electron chi connectivity index (χ0n) is 11.4. The van der Waals surface area contributed by atoms with Gasteiger partial charge in [0.2, 0.25) is 0 Å². The Hall–Kier alpha value is -1.92. The molecule has 0 bridgehead atoms. The van der Waals surface area contributed by atoms with Gasteiger partial charge in [-0.15, -0.1) is 0 Å². The summed E-state index contributed by atoms with van der Waals surface area (Å²) in [5.41, 5.74) is 0.636. The molecule has 1 aromatic heterocycles. The topological polar surface area (TPSA) is 56.6 Å². The highest BCUT2D eigenvalue weighted by molar-refractivity contribution is 5.78. The van der Waals surface area contributed by atoms with Crippen molar-refractivity contribution in [2.45, 2.75) is 6.67 Å². The maximum Gasteiger partial charge on any atom is 0.262 e. The van der Waals surface area contributed by atoms with Crippen LogP contribution in [0, 0.1) is 0 Å². The Morgan fingerprint density at radius 3 is 2.90 bits per heavy atom. The van der Waals surface area contributed by atoms with E-state index in [1.54, 1.807) is 36.2 Å². The number of morpholine rings is 1. The molecule has 0 radical (unpaired) electrons. The quantitative estimate of drug-likeness (QED) is 0.825. The van der Waals surface area contributed by atoms with Crippen molar-refractivity contribution in [3.63, 3.8) is 0 Å². The molecule has 1 aliphatic heterocycles. The molecule has 0 saturated carbocycles. The summed E-state index contributed by atoms with van der Waals surface area (Å²) in [5, 5.41) is 0.613. The van der Waals surface area contributed by atoms with Crippen molar-refractivity contribution in [1.82, 2.24) is 14.5 Å². The number of hydrogen-bond donors (Lipinski definition) is 0. The Morgan fingerprint density at radius 2 is 2.15 bits per heavy atom. The monoisotopic (exact) mass is 275 g/mol. The minimum atomic E-state index is -0.0239. The maximum absolute atomic E-state index is 12.4. The van der Waals surface area contributed by atoms with Crippen LogP contribution in [0.3, 0.4) is 0 Å². The van der Waals surface area contributed by atoms with Crippen LogP contribution in [0.2, 0.25) is 0 Å². The third kappa shape index (κ3) is 2.52. The fraction of sp³-hybridized carbons (Fsp3) is 0.429. The van der Waals surface area contributed by atoms with Crippen LogP contribution in [0.15, 0.2) is 29.3 Å². The van der Waals surface area contributed by atoms with E-state index < -0.39 is 0 Å². The largest absolute Gasteiger partial charge is 0.497 e. The zero-order chi connectivity index (χ0) is 13.9. The number of nitrogens with zero attached hydrogens (tertiary/aromatic N) is 3. The minimum absolute atomic E-state index is 0.0239. The summed E-state index contributed by atoms with van der Waals surface area (Å²) >= 11 is 0. The molecule has 1 saturated heterocycles. The average molecular weight is 275 g/mol. The van der Waals surface area contributed by atoms with Gasteiger partial charge >= 0.3 is 0 Å². The van der Waals surface area contributed by atoms with Gasteiger partial charge in [-0.2, -0.15) is 0 Å². The van der Waals surface area contributed by atoms with Crippen molar-refractivity contribution in [3.05, 3.63) is 34.9 Å². The zero-order valence-corrected chi connectivity index (χ0v) is 11.4. The van der Waals surface area contributed by atoms with Crippen molar-refractivity contribution in [2.24, 2.45) is 0 Å². The summed E-state index contributed by atoms with van der Waals surface area (Å²) in [7, 11) is 1.60. The SMILES string of the molecule is COc1ccc2c(=O)n(CN3CCOCC3)cnc2c1. The van der Waals surface area contributed by atoms with E-state index in [0.29, 0.717) is 36.5 Å². The van der Waals surface area contributed by atoms with Crippen molar-refractivity contribution in [1.29, 1.82) is 0 Å². The Kier molecular flexibility index (Phi) is 3.66. The van der Waals surface area contributed by atoms with Crippen LogP contribution in [-0.4, -0.2) is 47.9 Å². The van der Waals surface area contributed by atoms with Gasteiger partial charge < -0.3 is 9.47 Å². The van der Waals surface area contributed by atoms with E-state index in [2.05, 4.69) is 9.88 Å². The Labute approximate surface area is 116 Å². The van der Waals surface area contributed by atoms with E-state index >= 15 is 0 Å². The molecule has 0 aliphatic carbocycles. The summed E-state index contributed by atoms with van der Waals surface area (Å²) in [6.45, 7) is 3.66. The molecule has 106 valence electrons. The van der Waals surface area contributed by atoms with E-state index in [4.69, 9.17) is 9.47 Å².